The van der Waals surface area contributed by atoms with Crippen LogP contribution in [0.4, 0.5) is 0 Å². The van der Waals surface area contributed by atoms with Crippen LogP contribution in [0.3, 0.4) is 0 Å². The molecule has 96 valence electrons. The predicted molar refractivity (Wildman–Crippen MR) is 74.9 cm³/mol. The molecule has 0 unspecified atom stereocenters. The van der Waals surface area contributed by atoms with Gasteiger partial charge in [-0.15, -0.1) is 0 Å². The summed E-state index contributed by atoms with van der Waals surface area (Å²) in [7, 11) is 0. The normalized spacial score (nSPS) is 11.1. The Morgan fingerprint density at radius 1 is 1.28 bits per heavy atom. The molecule has 0 aliphatic heterocycles. The van der Waals surface area contributed by atoms with E-state index in [1.54, 1.807) is 0 Å². The highest BCUT2D eigenvalue weighted by molar-refractivity contribution is 5.42. The molecule has 0 aliphatic rings. The molecule has 0 amide bonds. The first-order chi connectivity index (χ1) is 8.72. The Hall–Kier alpha value is -1.61. The van der Waals surface area contributed by atoms with Crippen molar-refractivity contribution in [2.75, 3.05) is 0 Å². The maximum absolute atomic E-state index is 4.39. The van der Waals surface area contributed by atoms with Crippen LogP contribution in [0.25, 0.3) is 5.69 Å². The number of nitrogens with one attached hydrogen (secondary N) is 1. The van der Waals surface area contributed by atoms with Crippen molar-refractivity contribution in [2.45, 2.75) is 39.8 Å². The van der Waals surface area contributed by atoms with Crippen LogP contribution in [-0.2, 0) is 13.0 Å². The fraction of sp³-hybridized carbons (Fsp3) is 0.400. The minimum atomic E-state index is 0.492. The molecule has 1 aromatic carbocycles. The summed E-state index contributed by atoms with van der Waals surface area (Å²) in [4.78, 5) is 4.39. The first kappa shape index (κ1) is 12.8. The first-order valence-electron chi connectivity index (χ1n) is 6.56. The number of hydrogen-bond donors (Lipinski definition) is 1. The van der Waals surface area contributed by atoms with Crippen LogP contribution in [0.1, 0.15) is 32.2 Å². The third-order valence-electron chi connectivity index (χ3n) is 2.99. The van der Waals surface area contributed by atoms with Gasteiger partial charge < -0.3 is 9.88 Å². The van der Waals surface area contributed by atoms with E-state index in [1.807, 2.05) is 12.4 Å². The molecule has 0 bridgehead atoms. The number of aryl methyl sites for hydroxylation is 1. The molecule has 0 aliphatic carbocycles. The molecule has 2 aromatic rings. The fourth-order valence-corrected chi connectivity index (χ4v) is 2.02. The number of imidazole rings is 1. The van der Waals surface area contributed by atoms with Crippen molar-refractivity contribution < 1.29 is 0 Å². The largest absolute Gasteiger partial charge is 0.310 e. The Bertz CT molecular complexity index is 500. The minimum absolute atomic E-state index is 0.492. The van der Waals surface area contributed by atoms with Gasteiger partial charge in [0, 0.05) is 31.4 Å². The van der Waals surface area contributed by atoms with Crippen molar-refractivity contribution >= 4 is 0 Å². The van der Waals surface area contributed by atoms with Gasteiger partial charge in [0.05, 0.1) is 5.69 Å². The van der Waals surface area contributed by atoms with Crippen molar-refractivity contribution in [3.63, 3.8) is 0 Å². The van der Waals surface area contributed by atoms with Gasteiger partial charge in [0.2, 0.25) is 0 Å². The molecule has 1 heterocycles. The lowest BCUT2D eigenvalue weighted by Crippen LogP contribution is -2.22. The first-order valence-corrected chi connectivity index (χ1v) is 6.56. The highest BCUT2D eigenvalue weighted by Crippen LogP contribution is 2.16. The van der Waals surface area contributed by atoms with Crippen molar-refractivity contribution in [1.29, 1.82) is 0 Å². The number of nitrogens with zero attached hydrogens (tertiary/aromatic N) is 2. The van der Waals surface area contributed by atoms with Crippen LogP contribution in [-0.4, -0.2) is 15.6 Å². The van der Waals surface area contributed by atoms with Gasteiger partial charge in [-0.3, -0.25) is 0 Å². The lowest BCUT2D eigenvalue weighted by Gasteiger charge is -2.14. The lowest BCUT2D eigenvalue weighted by molar-refractivity contribution is 0.587. The Labute approximate surface area is 109 Å². The molecular weight excluding hydrogens is 222 g/mol. The summed E-state index contributed by atoms with van der Waals surface area (Å²) in [5.41, 5.74) is 2.53. The highest BCUT2D eigenvalue weighted by Gasteiger charge is 2.07. The number of aromatic nitrogens is 2. The van der Waals surface area contributed by atoms with E-state index in [0.717, 1.165) is 18.8 Å². The van der Waals surface area contributed by atoms with E-state index in [2.05, 4.69) is 59.9 Å². The zero-order valence-electron chi connectivity index (χ0n) is 11.4. The molecule has 1 N–H and O–H groups in total. The summed E-state index contributed by atoms with van der Waals surface area (Å²) < 4.78 is 2.18. The van der Waals surface area contributed by atoms with E-state index >= 15 is 0 Å². The summed E-state index contributed by atoms with van der Waals surface area (Å²) in [6.07, 6.45) is 4.84. The third kappa shape index (κ3) is 2.79. The van der Waals surface area contributed by atoms with Gasteiger partial charge in [-0.05, 0) is 11.6 Å². The molecule has 0 saturated heterocycles. The average Bonchev–Trinajstić information content (AvgIpc) is 2.84. The second kappa shape index (κ2) is 5.83. The van der Waals surface area contributed by atoms with E-state index in [-0.39, 0.29) is 0 Å². The molecule has 2 rings (SSSR count). The molecule has 0 radical (unpaired) electrons. The monoisotopic (exact) mass is 243 g/mol. The Morgan fingerprint density at radius 2 is 2.06 bits per heavy atom. The van der Waals surface area contributed by atoms with E-state index in [9.17, 15) is 0 Å². The smallest absolute Gasteiger partial charge is 0.112 e. The summed E-state index contributed by atoms with van der Waals surface area (Å²) in [5.74, 6) is 1.10. The maximum Gasteiger partial charge on any atom is 0.112 e. The van der Waals surface area contributed by atoms with Crippen molar-refractivity contribution in [3.8, 4) is 5.69 Å². The van der Waals surface area contributed by atoms with Crippen molar-refractivity contribution in [2.24, 2.45) is 0 Å². The van der Waals surface area contributed by atoms with Crippen molar-refractivity contribution in [3.05, 3.63) is 48.0 Å². The zero-order chi connectivity index (χ0) is 13.0. The van der Waals surface area contributed by atoms with Crippen LogP contribution in [0.2, 0.25) is 0 Å². The molecule has 1 aromatic heterocycles. The van der Waals surface area contributed by atoms with E-state index < -0.39 is 0 Å². The fourth-order valence-electron chi connectivity index (χ4n) is 2.02. The number of hydrogen-bond acceptors (Lipinski definition) is 2. The Morgan fingerprint density at radius 3 is 2.78 bits per heavy atom. The van der Waals surface area contributed by atoms with Crippen LogP contribution in [0, 0.1) is 0 Å². The molecular formula is C15H21N3. The highest BCUT2D eigenvalue weighted by atomic mass is 15.1. The minimum Gasteiger partial charge on any atom is -0.310 e. The van der Waals surface area contributed by atoms with Gasteiger partial charge >= 0.3 is 0 Å². The lowest BCUT2D eigenvalue weighted by atomic mass is 10.1. The number of benzene rings is 1. The Balaban J connectivity index is 2.32. The molecule has 0 saturated carbocycles. The van der Waals surface area contributed by atoms with E-state index in [4.69, 9.17) is 0 Å². The van der Waals surface area contributed by atoms with Crippen LogP contribution < -0.4 is 5.32 Å². The topological polar surface area (TPSA) is 29.9 Å². The molecule has 0 spiro atoms. The maximum atomic E-state index is 4.39. The van der Waals surface area contributed by atoms with Gasteiger partial charge in [0.1, 0.15) is 5.82 Å². The van der Waals surface area contributed by atoms with Gasteiger partial charge in [-0.2, -0.15) is 0 Å². The second-order valence-electron chi connectivity index (χ2n) is 4.73. The molecule has 3 heteroatoms. The van der Waals surface area contributed by atoms with Crippen molar-refractivity contribution in [1.82, 2.24) is 14.9 Å². The summed E-state index contributed by atoms with van der Waals surface area (Å²) in [6, 6.07) is 8.98. The summed E-state index contributed by atoms with van der Waals surface area (Å²) in [5, 5.41) is 3.47. The van der Waals surface area contributed by atoms with Gasteiger partial charge in [-0.25, -0.2) is 4.98 Å². The molecule has 18 heavy (non-hydrogen) atoms. The predicted octanol–water partition coefficient (Wildman–Crippen LogP) is 2.93. The molecule has 3 nitrogen and oxygen atoms in total. The summed E-state index contributed by atoms with van der Waals surface area (Å²) >= 11 is 0. The number of para-hydroxylation sites is 1. The summed E-state index contributed by atoms with van der Waals surface area (Å²) in [6.45, 7) is 7.34. The van der Waals surface area contributed by atoms with Crippen LogP contribution >= 0.6 is 0 Å². The standard InChI is InChI=1S/C15H21N3/c1-4-15-16-9-10-18(15)14-8-6-5-7-13(14)11-17-12(2)3/h5-10,12,17H,4,11H2,1-3H3. The van der Waals surface area contributed by atoms with Crippen LogP contribution in [0.15, 0.2) is 36.7 Å². The van der Waals surface area contributed by atoms with E-state index in [0.29, 0.717) is 6.04 Å². The molecule has 0 atom stereocenters. The second-order valence-corrected chi connectivity index (χ2v) is 4.73. The Kier molecular flexibility index (Phi) is 4.15. The van der Waals surface area contributed by atoms with Gasteiger partial charge in [0.15, 0.2) is 0 Å². The SMILES string of the molecule is CCc1nccn1-c1ccccc1CNC(C)C. The molecule has 0 fully saturated rings. The van der Waals surface area contributed by atoms with Gasteiger partial charge in [0.25, 0.3) is 0 Å². The number of rotatable bonds is 5. The van der Waals surface area contributed by atoms with Crippen LogP contribution in [0.5, 0.6) is 0 Å². The average molecular weight is 243 g/mol. The van der Waals surface area contributed by atoms with Gasteiger partial charge in [-0.1, -0.05) is 39.0 Å². The quantitative estimate of drug-likeness (QED) is 0.875. The third-order valence-corrected chi connectivity index (χ3v) is 2.99. The zero-order valence-corrected chi connectivity index (χ0v) is 11.4. The van der Waals surface area contributed by atoms with E-state index in [1.165, 1.54) is 11.3 Å².